The summed E-state index contributed by atoms with van der Waals surface area (Å²) in [6.07, 6.45) is 5.40. The molecule has 8 nitrogen and oxygen atoms in total. The van der Waals surface area contributed by atoms with Gasteiger partial charge in [-0.1, -0.05) is 30.3 Å². The van der Waals surface area contributed by atoms with Gasteiger partial charge in [-0.2, -0.15) is 0 Å². The van der Waals surface area contributed by atoms with Gasteiger partial charge in [-0.25, -0.2) is 0 Å². The largest absolute Gasteiger partial charge is 0.483 e. The first-order valence-corrected chi connectivity index (χ1v) is 9.63. The molecule has 8 heteroatoms. The zero-order chi connectivity index (χ0) is 20.2. The van der Waals surface area contributed by atoms with Crippen LogP contribution in [0.1, 0.15) is 25.3 Å². The summed E-state index contributed by atoms with van der Waals surface area (Å²) < 4.78 is 2.00. The van der Waals surface area contributed by atoms with Crippen molar-refractivity contribution in [2.75, 3.05) is 26.2 Å². The number of aromatic nitrogens is 3. The second-order valence-electron chi connectivity index (χ2n) is 6.76. The minimum atomic E-state index is -0.250. The van der Waals surface area contributed by atoms with Gasteiger partial charge in [0.05, 0.1) is 0 Å². The lowest BCUT2D eigenvalue weighted by molar-refractivity contribution is -0.137. The maximum Gasteiger partial charge on any atom is 0.290 e. The number of amides is 1. The molecule has 0 bridgehead atoms. The molecule has 1 aromatic heterocycles. The molecule has 1 amide bonds. The van der Waals surface area contributed by atoms with Crippen molar-refractivity contribution in [2.24, 2.45) is 5.92 Å². The normalized spacial score (nSPS) is 14.8. The third-order valence-electron chi connectivity index (χ3n) is 4.99. The number of carboxylic acid groups (broad SMARTS) is 1. The second-order valence-corrected chi connectivity index (χ2v) is 6.76. The maximum atomic E-state index is 12.9. The van der Waals surface area contributed by atoms with Gasteiger partial charge in [0, 0.05) is 32.1 Å². The van der Waals surface area contributed by atoms with Crippen LogP contribution in [-0.2, 0) is 22.7 Å². The summed E-state index contributed by atoms with van der Waals surface area (Å²) in [4.78, 5) is 25.7. The summed E-state index contributed by atoms with van der Waals surface area (Å²) in [5, 5.41) is 14.5. The van der Waals surface area contributed by atoms with E-state index in [1.807, 2.05) is 27.7 Å². The van der Waals surface area contributed by atoms with E-state index in [2.05, 4.69) is 34.2 Å². The highest BCUT2D eigenvalue weighted by Crippen LogP contribution is 2.20. The Bertz CT molecular complexity index is 685. The fourth-order valence-electron chi connectivity index (χ4n) is 3.41. The van der Waals surface area contributed by atoms with Crippen LogP contribution in [0, 0.1) is 5.92 Å². The van der Waals surface area contributed by atoms with E-state index in [1.165, 1.54) is 5.56 Å². The number of carbonyl (C=O) groups is 2. The van der Waals surface area contributed by atoms with E-state index >= 15 is 0 Å². The Morgan fingerprint density at radius 1 is 1.18 bits per heavy atom. The number of hydrogen-bond donors (Lipinski definition) is 1. The van der Waals surface area contributed by atoms with E-state index in [-0.39, 0.29) is 12.4 Å². The Balaban J connectivity index is 0.000000878. The molecule has 1 N–H and O–H groups in total. The molecule has 1 aromatic carbocycles. The summed E-state index contributed by atoms with van der Waals surface area (Å²) in [6, 6.07) is 10.2. The van der Waals surface area contributed by atoms with Crippen LogP contribution in [0.3, 0.4) is 0 Å². The summed E-state index contributed by atoms with van der Waals surface area (Å²) in [7, 11) is 0. The van der Waals surface area contributed by atoms with Crippen molar-refractivity contribution in [3.63, 3.8) is 0 Å². The number of carbonyl (C=O) groups excluding carboxylic acids is 1. The average molecular weight is 387 g/mol. The third kappa shape index (κ3) is 6.77. The number of nitrogens with zero attached hydrogens (tertiary/aromatic N) is 5. The van der Waals surface area contributed by atoms with Crippen LogP contribution in [-0.4, -0.2) is 68.2 Å². The van der Waals surface area contributed by atoms with E-state index in [0.29, 0.717) is 12.5 Å². The predicted octanol–water partition coefficient (Wildman–Crippen LogP) is 1.74. The number of benzene rings is 1. The van der Waals surface area contributed by atoms with Gasteiger partial charge in [0.2, 0.25) is 5.91 Å². The van der Waals surface area contributed by atoms with Crippen LogP contribution >= 0.6 is 0 Å². The fraction of sp³-hybridized carbons (Fsp3) is 0.500. The Labute approximate surface area is 165 Å². The number of likely N-dealkylation sites (tertiary alicyclic amines) is 1. The van der Waals surface area contributed by atoms with Gasteiger partial charge < -0.3 is 19.5 Å². The van der Waals surface area contributed by atoms with Crippen molar-refractivity contribution in [3.05, 3.63) is 48.5 Å². The molecule has 2 heterocycles. The molecule has 0 radical (unpaired) electrons. The Hall–Kier alpha value is -2.74. The molecule has 0 atom stereocenters. The van der Waals surface area contributed by atoms with Crippen LogP contribution < -0.4 is 0 Å². The third-order valence-corrected chi connectivity index (χ3v) is 4.99. The van der Waals surface area contributed by atoms with Crippen molar-refractivity contribution in [1.82, 2.24) is 24.6 Å². The van der Waals surface area contributed by atoms with E-state index < -0.39 is 0 Å². The van der Waals surface area contributed by atoms with Gasteiger partial charge >= 0.3 is 0 Å². The molecule has 3 rings (SSSR count). The Morgan fingerprint density at radius 2 is 1.79 bits per heavy atom. The molecule has 0 unspecified atom stereocenters. The monoisotopic (exact) mass is 387 g/mol. The van der Waals surface area contributed by atoms with Crippen molar-refractivity contribution in [3.8, 4) is 0 Å². The topological polar surface area (TPSA) is 91.6 Å². The number of hydrogen-bond acceptors (Lipinski definition) is 5. The van der Waals surface area contributed by atoms with Crippen LogP contribution in [0.15, 0.2) is 43.0 Å². The maximum absolute atomic E-state index is 12.9. The van der Waals surface area contributed by atoms with Crippen molar-refractivity contribution in [2.45, 2.75) is 32.9 Å². The lowest BCUT2D eigenvalue weighted by Gasteiger charge is -2.34. The zero-order valence-electron chi connectivity index (χ0n) is 16.4. The molecule has 2 aromatic rings. The molecule has 0 aliphatic carbocycles. The lowest BCUT2D eigenvalue weighted by atomic mass is 9.95. The average Bonchev–Trinajstić information content (AvgIpc) is 3.25. The standard InChI is InChI=1S/C19H27N5O.CH2O2/c1-2-24(14-17-6-4-3-5-7-17)19(25)18-8-10-22(11-9-18)12-13-23-15-20-21-16-23;2-1-3/h3-7,15-16,18H,2,8-14H2,1H3;1H,(H,2,3). The molecule has 28 heavy (non-hydrogen) atoms. The van der Waals surface area contributed by atoms with Crippen LogP contribution in [0.5, 0.6) is 0 Å². The number of piperidine rings is 1. The molecule has 1 fully saturated rings. The van der Waals surface area contributed by atoms with E-state index in [0.717, 1.165) is 45.6 Å². The lowest BCUT2D eigenvalue weighted by Crippen LogP contribution is -2.43. The van der Waals surface area contributed by atoms with Crippen LogP contribution in [0.2, 0.25) is 0 Å². The van der Waals surface area contributed by atoms with E-state index in [9.17, 15) is 4.79 Å². The Kier molecular flexibility index (Phi) is 9.14. The molecule has 152 valence electrons. The van der Waals surface area contributed by atoms with Crippen LogP contribution in [0.25, 0.3) is 0 Å². The quantitative estimate of drug-likeness (QED) is 0.728. The zero-order valence-corrected chi connectivity index (χ0v) is 16.4. The Morgan fingerprint density at radius 3 is 2.36 bits per heavy atom. The first-order valence-electron chi connectivity index (χ1n) is 9.63. The molecule has 1 aliphatic heterocycles. The van der Waals surface area contributed by atoms with Gasteiger partial charge in [0.15, 0.2) is 0 Å². The van der Waals surface area contributed by atoms with E-state index in [4.69, 9.17) is 9.90 Å². The van der Waals surface area contributed by atoms with Gasteiger partial charge in [0.1, 0.15) is 12.7 Å². The number of rotatable bonds is 7. The smallest absolute Gasteiger partial charge is 0.290 e. The van der Waals surface area contributed by atoms with Gasteiger partial charge in [0.25, 0.3) is 6.47 Å². The molecule has 1 saturated heterocycles. The van der Waals surface area contributed by atoms with Crippen molar-refractivity contribution >= 4 is 12.4 Å². The minimum Gasteiger partial charge on any atom is -0.483 e. The molecule has 1 aliphatic rings. The van der Waals surface area contributed by atoms with Crippen LogP contribution in [0.4, 0.5) is 0 Å². The highest BCUT2D eigenvalue weighted by atomic mass is 16.3. The molecule has 0 spiro atoms. The fourth-order valence-corrected chi connectivity index (χ4v) is 3.41. The summed E-state index contributed by atoms with van der Waals surface area (Å²) >= 11 is 0. The molecule has 0 saturated carbocycles. The van der Waals surface area contributed by atoms with E-state index in [1.54, 1.807) is 12.7 Å². The van der Waals surface area contributed by atoms with Gasteiger partial charge in [-0.3, -0.25) is 9.59 Å². The van der Waals surface area contributed by atoms with Gasteiger partial charge in [-0.15, -0.1) is 10.2 Å². The van der Waals surface area contributed by atoms with Gasteiger partial charge in [-0.05, 0) is 38.4 Å². The highest BCUT2D eigenvalue weighted by molar-refractivity contribution is 5.79. The van der Waals surface area contributed by atoms with Crippen molar-refractivity contribution in [1.29, 1.82) is 0 Å². The predicted molar refractivity (Wildman–Crippen MR) is 105 cm³/mol. The first kappa shape index (κ1) is 21.6. The summed E-state index contributed by atoms with van der Waals surface area (Å²) in [5.74, 6) is 0.472. The van der Waals surface area contributed by atoms with Crippen molar-refractivity contribution < 1.29 is 14.7 Å². The molecular formula is C20H29N5O3. The summed E-state index contributed by atoms with van der Waals surface area (Å²) in [6.45, 7) is 7.16. The molecular weight excluding hydrogens is 358 g/mol. The summed E-state index contributed by atoms with van der Waals surface area (Å²) in [5.41, 5.74) is 1.20. The SMILES string of the molecule is CCN(Cc1ccccc1)C(=O)C1CCN(CCn2cnnc2)CC1.O=CO. The minimum absolute atomic E-state index is 0.162. The second kappa shape index (κ2) is 11.9. The highest BCUT2D eigenvalue weighted by Gasteiger charge is 2.27. The first-order chi connectivity index (χ1) is 13.7.